The molecule has 0 aliphatic heterocycles. The number of ether oxygens (including phenoxy) is 1. The third-order valence-corrected chi connectivity index (χ3v) is 2.80. The minimum Gasteiger partial charge on any atom is -0.494 e. The number of benzene rings is 2. The van der Waals surface area contributed by atoms with E-state index in [1.54, 1.807) is 6.07 Å². The van der Waals surface area contributed by atoms with Crippen molar-refractivity contribution in [1.82, 2.24) is 0 Å². The summed E-state index contributed by atoms with van der Waals surface area (Å²) in [4.78, 5) is 0. The molecule has 0 bridgehead atoms. The Morgan fingerprint density at radius 3 is 2.50 bits per heavy atom. The number of nitrogen functional groups attached to an aromatic ring is 1. The minimum absolute atomic E-state index is 0.601. The fraction of sp³-hybridized carbons (Fsp3) is 0.143. The highest BCUT2D eigenvalue weighted by molar-refractivity contribution is 6.34. The summed E-state index contributed by atoms with van der Waals surface area (Å²) in [6.07, 6.45) is 0. The smallest absolute Gasteiger partial charge is 0.119 e. The van der Waals surface area contributed by atoms with Gasteiger partial charge in [-0.1, -0.05) is 17.7 Å². The molecule has 0 spiro atoms. The molecule has 4 heteroatoms. The maximum atomic E-state index is 6.09. The van der Waals surface area contributed by atoms with Crippen LogP contribution in [0.3, 0.4) is 0 Å². The van der Waals surface area contributed by atoms with Gasteiger partial charge in [-0.25, -0.2) is 0 Å². The third-order valence-electron chi connectivity index (χ3n) is 2.48. The van der Waals surface area contributed by atoms with Crippen molar-refractivity contribution >= 4 is 28.7 Å². The first-order chi connectivity index (χ1) is 8.70. The molecule has 18 heavy (non-hydrogen) atoms. The molecule has 0 aliphatic carbocycles. The summed E-state index contributed by atoms with van der Waals surface area (Å²) in [7, 11) is 0. The van der Waals surface area contributed by atoms with Crippen LogP contribution in [0.25, 0.3) is 0 Å². The highest BCUT2D eigenvalue weighted by atomic mass is 35.5. The highest BCUT2D eigenvalue weighted by Gasteiger charge is 2.04. The van der Waals surface area contributed by atoms with Crippen LogP contribution in [0.5, 0.6) is 5.75 Å². The van der Waals surface area contributed by atoms with Gasteiger partial charge in [0.25, 0.3) is 0 Å². The molecule has 2 rings (SSSR count). The number of hydrogen-bond acceptors (Lipinski definition) is 3. The van der Waals surface area contributed by atoms with Gasteiger partial charge in [-0.3, -0.25) is 0 Å². The molecule has 0 aliphatic rings. The van der Waals surface area contributed by atoms with Crippen LogP contribution in [-0.4, -0.2) is 6.61 Å². The maximum Gasteiger partial charge on any atom is 0.119 e. The molecule has 0 aromatic heterocycles. The Hall–Kier alpha value is -1.87. The largest absolute Gasteiger partial charge is 0.494 e. The van der Waals surface area contributed by atoms with Crippen LogP contribution in [0.1, 0.15) is 6.92 Å². The summed E-state index contributed by atoms with van der Waals surface area (Å²) in [5, 5.41) is 3.80. The molecule has 94 valence electrons. The number of nitrogens with one attached hydrogen (secondary N) is 1. The summed E-state index contributed by atoms with van der Waals surface area (Å²) in [5.41, 5.74) is 8.14. The van der Waals surface area contributed by atoms with Crippen molar-refractivity contribution in [3.8, 4) is 5.75 Å². The second-order valence-corrected chi connectivity index (χ2v) is 4.19. The van der Waals surface area contributed by atoms with Gasteiger partial charge in [0.15, 0.2) is 0 Å². The van der Waals surface area contributed by atoms with E-state index in [2.05, 4.69) is 5.32 Å². The average Bonchev–Trinajstić information content (AvgIpc) is 2.36. The van der Waals surface area contributed by atoms with Crippen LogP contribution in [-0.2, 0) is 0 Å². The molecule has 3 N–H and O–H groups in total. The van der Waals surface area contributed by atoms with Crippen LogP contribution in [0.2, 0.25) is 5.02 Å². The fourth-order valence-electron chi connectivity index (χ4n) is 1.62. The summed E-state index contributed by atoms with van der Waals surface area (Å²) in [6.45, 7) is 2.61. The van der Waals surface area contributed by atoms with Gasteiger partial charge < -0.3 is 15.8 Å². The lowest BCUT2D eigenvalue weighted by molar-refractivity contribution is 0.340. The van der Waals surface area contributed by atoms with Gasteiger partial charge in [0.2, 0.25) is 0 Å². The van der Waals surface area contributed by atoms with Gasteiger partial charge >= 0.3 is 0 Å². The van der Waals surface area contributed by atoms with Crippen molar-refractivity contribution in [3.63, 3.8) is 0 Å². The summed E-state index contributed by atoms with van der Waals surface area (Å²) >= 11 is 6.09. The quantitative estimate of drug-likeness (QED) is 0.817. The predicted molar refractivity (Wildman–Crippen MR) is 76.8 cm³/mol. The van der Waals surface area contributed by atoms with E-state index in [9.17, 15) is 0 Å². The van der Waals surface area contributed by atoms with Gasteiger partial charge in [-0.05, 0) is 43.3 Å². The second kappa shape index (κ2) is 5.65. The number of anilines is 3. The topological polar surface area (TPSA) is 47.3 Å². The van der Waals surface area contributed by atoms with Crippen LogP contribution >= 0.6 is 11.6 Å². The molecule has 0 fully saturated rings. The van der Waals surface area contributed by atoms with Crippen molar-refractivity contribution < 1.29 is 4.74 Å². The standard InChI is InChI=1S/C14H15ClN2O/c1-2-18-11-8-6-10(7-9-11)17-14-12(15)4-3-5-13(14)16/h3-9,17H,2,16H2,1H3. The average molecular weight is 263 g/mol. The number of nitrogens with two attached hydrogens (primary N) is 1. The van der Waals surface area contributed by atoms with Crippen molar-refractivity contribution in [1.29, 1.82) is 0 Å². The van der Waals surface area contributed by atoms with Crippen LogP contribution < -0.4 is 15.8 Å². The number of rotatable bonds is 4. The van der Waals surface area contributed by atoms with Gasteiger partial charge in [-0.2, -0.15) is 0 Å². The first-order valence-electron chi connectivity index (χ1n) is 5.74. The summed E-state index contributed by atoms with van der Waals surface area (Å²) < 4.78 is 5.38. The van der Waals surface area contributed by atoms with E-state index in [1.807, 2.05) is 43.3 Å². The lowest BCUT2D eigenvalue weighted by Gasteiger charge is -2.11. The van der Waals surface area contributed by atoms with Gasteiger partial charge in [-0.15, -0.1) is 0 Å². The van der Waals surface area contributed by atoms with E-state index < -0.39 is 0 Å². The minimum atomic E-state index is 0.601. The lowest BCUT2D eigenvalue weighted by atomic mass is 10.2. The Bertz CT molecular complexity index is 506. The maximum absolute atomic E-state index is 6.09. The zero-order valence-corrected chi connectivity index (χ0v) is 10.9. The van der Waals surface area contributed by atoms with Crippen molar-refractivity contribution in [2.24, 2.45) is 0 Å². The normalized spacial score (nSPS) is 10.1. The molecule has 3 nitrogen and oxygen atoms in total. The Labute approximate surface area is 112 Å². The van der Waals surface area contributed by atoms with Crippen LogP contribution in [0.4, 0.5) is 17.1 Å². The van der Waals surface area contributed by atoms with Crippen molar-refractivity contribution in [2.45, 2.75) is 6.92 Å². The molecule has 0 unspecified atom stereocenters. The molecule has 2 aromatic rings. The third kappa shape index (κ3) is 2.87. The van der Waals surface area contributed by atoms with Crippen LogP contribution in [0, 0.1) is 0 Å². The monoisotopic (exact) mass is 262 g/mol. The lowest BCUT2D eigenvalue weighted by Crippen LogP contribution is -1.97. The van der Waals surface area contributed by atoms with Gasteiger partial charge in [0, 0.05) is 5.69 Å². The zero-order valence-electron chi connectivity index (χ0n) is 10.1. The van der Waals surface area contributed by atoms with E-state index in [-0.39, 0.29) is 0 Å². The Morgan fingerprint density at radius 1 is 1.17 bits per heavy atom. The molecule has 0 saturated heterocycles. The second-order valence-electron chi connectivity index (χ2n) is 3.79. The summed E-state index contributed by atoms with van der Waals surface area (Å²) in [6, 6.07) is 13.1. The van der Waals surface area contributed by atoms with E-state index in [0.29, 0.717) is 17.3 Å². The highest BCUT2D eigenvalue weighted by Crippen LogP contribution is 2.31. The fourth-order valence-corrected chi connectivity index (χ4v) is 1.85. The zero-order chi connectivity index (χ0) is 13.0. The Kier molecular flexibility index (Phi) is 3.95. The van der Waals surface area contributed by atoms with Crippen LogP contribution in [0.15, 0.2) is 42.5 Å². The van der Waals surface area contributed by atoms with E-state index in [4.69, 9.17) is 22.1 Å². The summed E-state index contributed by atoms with van der Waals surface area (Å²) in [5.74, 6) is 0.843. The molecular weight excluding hydrogens is 248 g/mol. The SMILES string of the molecule is CCOc1ccc(Nc2c(N)cccc2Cl)cc1. The molecule has 0 radical (unpaired) electrons. The Morgan fingerprint density at radius 2 is 1.89 bits per heavy atom. The predicted octanol–water partition coefficient (Wildman–Crippen LogP) is 4.06. The van der Waals surface area contributed by atoms with Gasteiger partial charge in [0.05, 0.1) is 23.0 Å². The molecule has 0 amide bonds. The first kappa shape index (κ1) is 12.6. The molecule has 2 aromatic carbocycles. The molecule has 0 saturated carbocycles. The van der Waals surface area contributed by atoms with E-state index >= 15 is 0 Å². The molecule has 0 atom stereocenters. The van der Waals surface area contributed by atoms with E-state index in [0.717, 1.165) is 17.1 Å². The van der Waals surface area contributed by atoms with E-state index in [1.165, 1.54) is 0 Å². The molecule has 0 heterocycles. The molecular formula is C14H15ClN2O. The number of para-hydroxylation sites is 1. The van der Waals surface area contributed by atoms with Gasteiger partial charge in [0.1, 0.15) is 5.75 Å². The number of hydrogen-bond donors (Lipinski definition) is 2. The van der Waals surface area contributed by atoms with Crippen molar-refractivity contribution in [2.75, 3.05) is 17.7 Å². The Balaban J connectivity index is 2.18. The first-order valence-corrected chi connectivity index (χ1v) is 6.12. The number of halogens is 1. The van der Waals surface area contributed by atoms with Crippen molar-refractivity contribution in [3.05, 3.63) is 47.5 Å².